The number of benzene rings is 1. The molecule has 2 rings (SSSR count). The van der Waals surface area contributed by atoms with E-state index in [9.17, 15) is 14.0 Å². The summed E-state index contributed by atoms with van der Waals surface area (Å²) in [5.41, 5.74) is -0.0958. The molecule has 0 bridgehead atoms. The van der Waals surface area contributed by atoms with Crippen molar-refractivity contribution in [3.05, 3.63) is 29.6 Å². The maximum atomic E-state index is 13.6. The molecule has 1 atom stereocenters. The van der Waals surface area contributed by atoms with Gasteiger partial charge in [0, 0.05) is 19.2 Å². The van der Waals surface area contributed by atoms with Gasteiger partial charge < -0.3 is 20.1 Å². The Kier molecular flexibility index (Phi) is 4.07. The summed E-state index contributed by atoms with van der Waals surface area (Å²) in [5, 5.41) is 11.7. The number of phenolic OH excluding ortho intramolecular Hbond substituents is 1. The van der Waals surface area contributed by atoms with Crippen LogP contribution >= 0.6 is 0 Å². The monoisotopic (exact) mass is 282 g/mol. The van der Waals surface area contributed by atoms with Gasteiger partial charge in [-0.1, -0.05) is 0 Å². The normalized spacial score (nSPS) is 17.9. The summed E-state index contributed by atoms with van der Waals surface area (Å²) in [4.78, 5) is 24.7. The number of methoxy groups -OCH3 is 1. The van der Waals surface area contributed by atoms with Crippen molar-refractivity contribution in [2.75, 3.05) is 20.2 Å². The second-order valence-electron chi connectivity index (χ2n) is 4.54. The van der Waals surface area contributed by atoms with E-state index in [0.29, 0.717) is 19.5 Å². The van der Waals surface area contributed by atoms with E-state index in [4.69, 9.17) is 5.11 Å². The zero-order valence-electron chi connectivity index (χ0n) is 10.9. The molecule has 1 heterocycles. The maximum absolute atomic E-state index is 13.6. The smallest absolute Gasteiger partial charge is 0.407 e. The molecule has 6 nitrogen and oxygen atoms in total. The van der Waals surface area contributed by atoms with Crippen LogP contribution in [0.2, 0.25) is 0 Å². The molecule has 108 valence electrons. The molecule has 1 saturated heterocycles. The van der Waals surface area contributed by atoms with Crippen LogP contribution in [0.3, 0.4) is 0 Å². The van der Waals surface area contributed by atoms with Gasteiger partial charge in [0.2, 0.25) is 0 Å². The molecule has 1 aliphatic heterocycles. The van der Waals surface area contributed by atoms with E-state index >= 15 is 0 Å². The third-order valence-electron chi connectivity index (χ3n) is 3.17. The summed E-state index contributed by atoms with van der Waals surface area (Å²) in [6.45, 7) is 0.724. The molecule has 0 aliphatic carbocycles. The minimum Gasteiger partial charge on any atom is -0.508 e. The number of carbonyl (C=O) groups excluding carboxylic acids is 2. The van der Waals surface area contributed by atoms with Gasteiger partial charge in [0.15, 0.2) is 0 Å². The number of hydrogen-bond donors (Lipinski definition) is 2. The average Bonchev–Trinajstić information content (AvgIpc) is 2.86. The average molecular weight is 282 g/mol. The molecule has 7 heteroatoms. The summed E-state index contributed by atoms with van der Waals surface area (Å²) >= 11 is 0. The Morgan fingerprint density at radius 1 is 1.50 bits per heavy atom. The van der Waals surface area contributed by atoms with Crippen molar-refractivity contribution in [1.29, 1.82) is 0 Å². The molecule has 1 fully saturated rings. The summed E-state index contributed by atoms with van der Waals surface area (Å²) < 4.78 is 18.1. The fourth-order valence-electron chi connectivity index (χ4n) is 2.14. The number of likely N-dealkylation sites (tertiary alicyclic amines) is 1. The van der Waals surface area contributed by atoms with Gasteiger partial charge in [0.05, 0.1) is 18.7 Å². The lowest BCUT2D eigenvalue weighted by molar-refractivity contribution is 0.0783. The first-order valence-corrected chi connectivity index (χ1v) is 6.13. The van der Waals surface area contributed by atoms with Crippen molar-refractivity contribution >= 4 is 12.0 Å². The number of alkyl carbamates (subject to hydrolysis) is 1. The van der Waals surface area contributed by atoms with Crippen LogP contribution in [0.1, 0.15) is 16.8 Å². The van der Waals surface area contributed by atoms with Gasteiger partial charge in [-0.05, 0) is 18.6 Å². The lowest BCUT2D eigenvalue weighted by Gasteiger charge is -2.17. The molecule has 1 aliphatic rings. The topological polar surface area (TPSA) is 78.9 Å². The van der Waals surface area contributed by atoms with Gasteiger partial charge in [-0.25, -0.2) is 9.18 Å². The fraction of sp³-hybridized carbons (Fsp3) is 0.385. The van der Waals surface area contributed by atoms with Gasteiger partial charge in [-0.15, -0.1) is 0 Å². The lowest BCUT2D eigenvalue weighted by atomic mass is 10.2. The highest BCUT2D eigenvalue weighted by atomic mass is 19.1. The molecule has 0 radical (unpaired) electrons. The molecule has 0 aromatic heterocycles. The minimum absolute atomic E-state index is 0.0958. The Morgan fingerprint density at radius 2 is 2.25 bits per heavy atom. The third kappa shape index (κ3) is 2.98. The van der Waals surface area contributed by atoms with E-state index in [1.54, 1.807) is 0 Å². The number of phenols is 1. The van der Waals surface area contributed by atoms with Crippen molar-refractivity contribution in [2.24, 2.45) is 0 Å². The number of halogens is 1. The third-order valence-corrected chi connectivity index (χ3v) is 3.17. The van der Waals surface area contributed by atoms with Crippen molar-refractivity contribution < 1.29 is 23.8 Å². The van der Waals surface area contributed by atoms with E-state index in [-0.39, 0.29) is 17.4 Å². The van der Waals surface area contributed by atoms with Crippen LogP contribution in [0.5, 0.6) is 5.75 Å². The largest absolute Gasteiger partial charge is 0.508 e. The SMILES string of the molecule is COC(=O)NC1CCN(C(=O)c2ccc(O)cc2F)C1. The Hall–Kier alpha value is -2.31. The van der Waals surface area contributed by atoms with E-state index in [1.807, 2.05) is 0 Å². The molecule has 0 spiro atoms. The van der Waals surface area contributed by atoms with E-state index in [2.05, 4.69) is 10.1 Å². The number of amides is 2. The number of carbonyl (C=O) groups is 2. The van der Waals surface area contributed by atoms with Gasteiger partial charge in [-0.2, -0.15) is 0 Å². The van der Waals surface area contributed by atoms with Crippen LogP contribution < -0.4 is 5.32 Å². The number of nitrogens with one attached hydrogen (secondary N) is 1. The number of hydrogen-bond acceptors (Lipinski definition) is 4. The highest BCUT2D eigenvalue weighted by Gasteiger charge is 2.29. The molecule has 0 saturated carbocycles. The molecule has 2 N–H and O–H groups in total. The summed E-state index contributed by atoms with van der Waals surface area (Å²) in [6, 6.07) is 3.20. The predicted octanol–water partition coefficient (Wildman–Crippen LogP) is 1.10. The van der Waals surface area contributed by atoms with E-state index in [1.165, 1.54) is 24.1 Å². The number of aromatic hydroxyl groups is 1. The van der Waals surface area contributed by atoms with Crippen LogP contribution in [-0.2, 0) is 4.74 Å². The van der Waals surface area contributed by atoms with Crippen molar-refractivity contribution in [2.45, 2.75) is 12.5 Å². The molecule has 1 aromatic rings. The molecule has 2 amide bonds. The second kappa shape index (κ2) is 5.77. The van der Waals surface area contributed by atoms with Crippen molar-refractivity contribution in [1.82, 2.24) is 10.2 Å². The van der Waals surface area contributed by atoms with Crippen LogP contribution in [0.25, 0.3) is 0 Å². The molecular weight excluding hydrogens is 267 g/mol. The highest BCUT2D eigenvalue weighted by Crippen LogP contribution is 2.19. The molecule has 1 unspecified atom stereocenters. The first-order valence-electron chi connectivity index (χ1n) is 6.13. The Labute approximate surface area is 115 Å². The Bertz CT molecular complexity index is 535. The number of nitrogens with zero attached hydrogens (tertiary/aromatic N) is 1. The van der Waals surface area contributed by atoms with Crippen LogP contribution in [0, 0.1) is 5.82 Å². The molecular formula is C13H15FN2O4. The van der Waals surface area contributed by atoms with Crippen LogP contribution in [-0.4, -0.2) is 48.2 Å². The number of ether oxygens (including phenoxy) is 1. The first-order chi connectivity index (χ1) is 9.51. The molecule has 20 heavy (non-hydrogen) atoms. The standard InChI is InChI=1S/C13H15FN2O4/c1-20-13(19)15-8-4-5-16(7-8)12(18)10-3-2-9(17)6-11(10)14/h2-3,6,8,17H,4-5,7H2,1H3,(H,15,19). The highest BCUT2D eigenvalue weighted by molar-refractivity contribution is 5.94. The quantitative estimate of drug-likeness (QED) is 0.851. The Morgan fingerprint density at radius 3 is 2.90 bits per heavy atom. The molecule has 1 aromatic carbocycles. The van der Waals surface area contributed by atoms with Gasteiger partial charge in [0.1, 0.15) is 11.6 Å². The van der Waals surface area contributed by atoms with Crippen LogP contribution in [0.15, 0.2) is 18.2 Å². The van der Waals surface area contributed by atoms with Crippen LogP contribution in [0.4, 0.5) is 9.18 Å². The summed E-state index contributed by atoms with van der Waals surface area (Å²) in [6.07, 6.45) is 0.0284. The van der Waals surface area contributed by atoms with E-state index in [0.717, 1.165) is 6.07 Å². The zero-order valence-corrected chi connectivity index (χ0v) is 10.9. The zero-order chi connectivity index (χ0) is 14.7. The van der Waals surface area contributed by atoms with E-state index < -0.39 is 17.8 Å². The van der Waals surface area contributed by atoms with Gasteiger partial charge in [-0.3, -0.25) is 4.79 Å². The Balaban J connectivity index is 2.02. The lowest BCUT2D eigenvalue weighted by Crippen LogP contribution is -2.38. The number of rotatable bonds is 2. The van der Waals surface area contributed by atoms with Crippen molar-refractivity contribution in [3.8, 4) is 5.75 Å². The second-order valence-corrected chi connectivity index (χ2v) is 4.54. The fourth-order valence-corrected chi connectivity index (χ4v) is 2.14. The van der Waals surface area contributed by atoms with Gasteiger partial charge >= 0.3 is 6.09 Å². The first kappa shape index (κ1) is 14.1. The maximum Gasteiger partial charge on any atom is 0.407 e. The summed E-state index contributed by atoms with van der Waals surface area (Å²) in [7, 11) is 1.26. The van der Waals surface area contributed by atoms with Gasteiger partial charge in [0.25, 0.3) is 5.91 Å². The minimum atomic E-state index is -0.764. The summed E-state index contributed by atoms with van der Waals surface area (Å²) in [5.74, 6) is -1.46. The van der Waals surface area contributed by atoms with Crippen molar-refractivity contribution in [3.63, 3.8) is 0 Å². The predicted molar refractivity (Wildman–Crippen MR) is 67.9 cm³/mol.